The molecule has 3 aromatic carbocycles. The number of phenols is 1. The van der Waals surface area contributed by atoms with Gasteiger partial charge in [-0.15, -0.1) is 0 Å². The van der Waals surface area contributed by atoms with Gasteiger partial charge in [0.2, 0.25) is 0 Å². The molecule has 1 amide bonds. The third-order valence-electron chi connectivity index (χ3n) is 7.68. The minimum Gasteiger partial charge on any atom is -0.507 e. The number of likely N-dealkylation sites (tertiary alicyclic amines) is 1. The van der Waals surface area contributed by atoms with Crippen LogP contribution in [0.1, 0.15) is 35.2 Å². The fourth-order valence-electron chi connectivity index (χ4n) is 5.30. The average molecular weight is 573 g/mol. The Bertz CT molecular complexity index is 1460. The molecule has 0 aliphatic carbocycles. The Balaban J connectivity index is 1.46. The second-order valence-corrected chi connectivity index (χ2v) is 10.3. The summed E-state index contributed by atoms with van der Waals surface area (Å²) in [6.07, 6.45) is 0. The van der Waals surface area contributed by atoms with E-state index in [1.807, 2.05) is 31.2 Å². The van der Waals surface area contributed by atoms with Gasteiger partial charge in [-0.3, -0.25) is 14.5 Å². The highest BCUT2D eigenvalue weighted by Crippen LogP contribution is 2.42. The minimum atomic E-state index is -0.858. The molecular formula is C33H36N2O7. The maximum absolute atomic E-state index is 13.5. The second kappa shape index (κ2) is 13.1. The van der Waals surface area contributed by atoms with Crippen molar-refractivity contribution in [3.63, 3.8) is 0 Å². The Labute approximate surface area is 245 Å². The number of amides is 1. The SMILES string of the molecule is CCOc1cc(C2/C(=C(\O)c3ccc(OCc4ccccc4C)cc3)C(=O)C(=O)N2CCN2CCOCC2)ccc1O. The predicted molar refractivity (Wildman–Crippen MR) is 157 cm³/mol. The number of aromatic hydroxyl groups is 1. The molecule has 0 saturated carbocycles. The van der Waals surface area contributed by atoms with Crippen LogP contribution in [0.3, 0.4) is 0 Å². The van der Waals surface area contributed by atoms with Crippen molar-refractivity contribution < 1.29 is 34.0 Å². The molecule has 9 heteroatoms. The van der Waals surface area contributed by atoms with Crippen molar-refractivity contribution >= 4 is 17.4 Å². The highest BCUT2D eigenvalue weighted by Gasteiger charge is 2.46. The standard InChI is InChI=1S/C33H36N2O7/c1-3-41-28-20-24(10-13-27(28)36)30-29(32(38)33(39)35(30)15-14-34-16-18-40-19-17-34)31(37)23-8-11-26(12-9-23)42-21-25-7-5-4-6-22(25)2/h4-13,20,30,36-37H,3,14-19,21H2,1-2H3/b31-29+. The van der Waals surface area contributed by atoms with Crippen molar-refractivity contribution in [1.82, 2.24) is 9.80 Å². The van der Waals surface area contributed by atoms with E-state index in [9.17, 15) is 19.8 Å². The number of carbonyl (C=O) groups excluding carboxylic acids is 2. The van der Waals surface area contributed by atoms with Gasteiger partial charge < -0.3 is 29.3 Å². The number of ether oxygens (including phenoxy) is 3. The average Bonchev–Trinajstić information content (AvgIpc) is 3.26. The number of Topliss-reactive ketones (excluding diaryl/α,β-unsaturated/α-hetero) is 1. The van der Waals surface area contributed by atoms with Gasteiger partial charge in [0, 0.05) is 31.7 Å². The zero-order valence-electron chi connectivity index (χ0n) is 23.9. The lowest BCUT2D eigenvalue weighted by Gasteiger charge is -2.31. The molecule has 5 rings (SSSR count). The Morgan fingerprint density at radius 1 is 0.976 bits per heavy atom. The summed E-state index contributed by atoms with van der Waals surface area (Å²) in [5.74, 6) is -0.915. The number of ketones is 1. The first kappa shape index (κ1) is 29.2. The Hall–Kier alpha value is -4.34. The first-order chi connectivity index (χ1) is 20.4. The second-order valence-electron chi connectivity index (χ2n) is 10.3. The highest BCUT2D eigenvalue weighted by molar-refractivity contribution is 6.46. The number of hydrogen-bond donors (Lipinski definition) is 2. The predicted octanol–water partition coefficient (Wildman–Crippen LogP) is 4.43. The van der Waals surface area contributed by atoms with Crippen LogP contribution in [0.5, 0.6) is 17.2 Å². The summed E-state index contributed by atoms with van der Waals surface area (Å²) in [5, 5.41) is 21.8. The number of hydrogen-bond acceptors (Lipinski definition) is 8. The number of aliphatic hydroxyl groups is 1. The molecule has 3 aromatic rings. The molecule has 0 bridgehead atoms. The lowest BCUT2D eigenvalue weighted by molar-refractivity contribution is -0.140. The molecular weight excluding hydrogens is 536 g/mol. The van der Waals surface area contributed by atoms with Gasteiger partial charge >= 0.3 is 0 Å². The van der Waals surface area contributed by atoms with Crippen LogP contribution in [0.2, 0.25) is 0 Å². The molecule has 42 heavy (non-hydrogen) atoms. The zero-order valence-corrected chi connectivity index (χ0v) is 23.9. The van der Waals surface area contributed by atoms with E-state index in [2.05, 4.69) is 4.90 Å². The van der Waals surface area contributed by atoms with Crippen LogP contribution < -0.4 is 9.47 Å². The van der Waals surface area contributed by atoms with Crippen molar-refractivity contribution in [2.45, 2.75) is 26.5 Å². The maximum atomic E-state index is 13.5. The molecule has 0 aromatic heterocycles. The summed E-state index contributed by atoms with van der Waals surface area (Å²) < 4.78 is 17.0. The van der Waals surface area contributed by atoms with Crippen molar-refractivity contribution in [3.05, 3.63) is 94.6 Å². The minimum absolute atomic E-state index is 0.0105. The Morgan fingerprint density at radius 3 is 2.43 bits per heavy atom. The first-order valence-electron chi connectivity index (χ1n) is 14.2. The molecule has 2 N–H and O–H groups in total. The summed E-state index contributed by atoms with van der Waals surface area (Å²) in [4.78, 5) is 30.5. The molecule has 1 unspecified atom stereocenters. The fraction of sp³-hybridized carbons (Fsp3) is 0.333. The van der Waals surface area contributed by atoms with Crippen molar-refractivity contribution in [1.29, 1.82) is 0 Å². The van der Waals surface area contributed by atoms with Gasteiger partial charge in [0.05, 0.1) is 31.4 Å². The molecule has 0 spiro atoms. The quantitative estimate of drug-likeness (QED) is 0.209. The van der Waals surface area contributed by atoms with E-state index in [0.29, 0.717) is 49.8 Å². The van der Waals surface area contributed by atoms with Crippen molar-refractivity contribution in [2.24, 2.45) is 0 Å². The third-order valence-corrected chi connectivity index (χ3v) is 7.68. The topological polar surface area (TPSA) is 109 Å². The van der Waals surface area contributed by atoms with E-state index in [1.165, 1.54) is 11.0 Å². The van der Waals surface area contributed by atoms with E-state index < -0.39 is 17.7 Å². The lowest BCUT2D eigenvalue weighted by Crippen LogP contribution is -2.42. The molecule has 1 atom stereocenters. The van der Waals surface area contributed by atoms with Gasteiger partial charge in [-0.1, -0.05) is 30.3 Å². The summed E-state index contributed by atoms with van der Waals surface area (Å²) in [6.45, 7) is 8.08. The lowest BCUT2D eigenvalue weighted by atomic mass is 9.95. The van der Waals surface area contributed by atoms with E-state index >= 15 is 0 Å². The van der Waals surface area contributed by atoms with Gasteiger partial charge in [-0.05, 0) is 66.9 Å². The van der Waals surface area contributed by atoms with Gasteiger partial charge in [-0.2, -0.15) is 0 Å². The van der Waals surface area contributed by atoms with Crippen molar-refractivity contribution in [2.75, 3.05) is 46.0 Å². The van der Waals surface area contributed by atoms with Crippen LogP contribution >= 0.6 is 0 Å². The van der Waals surface area contributed by atoms with E-state index in [4.69, 9.17) is 14.2 Å². The Kier molecular flexibility index (Phi) is 9.09. The zero-order chi connectivity index (χ0) is 29.6. The summed E-state index contributed by atoms with van der Waals surface area (Å²) >= 11 is 0. The Morgan fingerprint density at radius 2 is 1.71 bits per heavy atom. The molecule has 9 nitrogen and oxygen atoms in total. The molecule has 220 valence electrons. The van der Waals surface area contributed by atoms with Gasteiger partial charge in [0.25, 0.3) is 11.7 Å². The number of phenolic OH excluding ortho intramolecular Hbond substituents is 1. The van der Waals surface area contributed by atoms with E-state index in [0.717, 1.165) is 24.2 Å². The summed E-state index contributed by atoms with van der Waals surface area (Å²) in [7, 11) is 0. The van der Waals surface area contributed by atoms with Crippen LogP contribution in [0.4, 0.5) is 0 Å². The first-order valence-corrected chi connectivity index (χ1v) is 14.2. The van der Waals surface area contributed by atoms with E-state index in [1.54, 1.807) is 43.3 Å². The number of aryl methyl sites for hydroxylation is 1. The van der Waals surface area contributed by atoms with Gasteiger partial charge in [0.1, 0.15) is 18.1 Å². The van der Waals surface area contributed by atoms with Crippen LogP contribution in [-0.2, 0) is 20.9 Å². The number of carbonyl (C=O) groups is 2. The highest BCUT2D eigenvalue weighted by atomic mass is 16.5. The van der Waals surface area contributed by atoms with Crippen LogP contribution in [0, 0.1) is 6.92 Å². The molecule has 0 radical (unpaired) electrons. The van der Waals surface area contributed by atoms with E-state index in [-0.39, 0.29) is 29.4 Å². The number of benzene rings is 3. The fourth-order valence-corrected chi connectivity index (χ4v) is 5.30. The van der Waals surface area contributed by atoms with Crippen LogP contribution in [-0.4, -0.2) is 77.7 Å². The smallest absolute Gasteiger partial charge is 0.295 e. The monoisotopic (exact) mass is 572 g/mol. The number of nitrogens with zero attached hydrogens (tertiary/aromatic N) is 2. The number of aliphatic hydroxyl groups excluding tert-OH is 1. The summed E-state index contributed by atoms with van der Waals surface area (Å²) in [5.41, 5.74) is 3.13. The summed E-state index contributed by atoms with van der Waals surface area (Å²) in [6, 6.07) is 18.6. The number of morpholine rings is 1. The molecule has 2 aliphatic heterocycles. The van der Waals surface area contributed by atoms with Crippen LogP contribution in [0.15, 0.2) is 72.3 Å². The molecule has 2 fully saturated rings. The molecule has 2 saturated heterocycles. The molecule has 2 aliphatic rings. The van der Waals surface area contributed by atoms with Gasteiger partial charge in [-0.25, -0.2) is 0 Å². The number of rotatable bonds is 10. The van der Waals surface area contributed by atoms with Crippen molar-refractivity contribution in [3.8, 4) is 17.2 Å². The maximum Gasteiger partial charge on any atom is 0.295 e. The normalized spacial score (nSPS) is 18.8. The van der Waals surface area contributed by atoms with Crippen LogP contribution in [0.25, 0.3) is 5.76 Å². The molecule has 2 heterocycles. The third kappa shape index (κ3) is 6.27. The largest absolute Gasteiger partial charge is 0.507 e. The van der Waals surface area contributed by atoms with Gasteiger partial charge in [0.15, 0.2) is 11.5 Å².